The molecule has 1 aromatic heterocycles. The Balaban J connectivity index is 1.67. The number of rotatable bonds is 5. The first-order valence-electron chi connectivity index (χ1n) is 9.02. The molecule has 0 aliphatic rings. The molecule has 0 aliphatic carbocycles. The monoisotopic (exact) mass is 391 g/mol. The third kappa shape index (κ3) is 3.44. The maximum absolute atomic E-state index is 12.6. The summed E-state index contributed by atoms with van der Waals surface area (Å²) in [5.74, 6) is 0.811. The molecule has 4 rings (SSSR count). The first kappa shape index (κ1) is 18.4. The minimum Gasteiger partial charge on any atom is -0.327 e. The van der Waals surface area contributed by atoms with Gasteiger partial charge in [0.1, 0.15) is 5.82 Å². The maximum Gasteiger partial charge on any atom is 0.240 e. The van der Waals surface area contributed by atoms with E-state index in [-0.39, 0.29) is 11.4 Å². The molecule has 0 radical (unpaired) electrons. The fourth-order valence-electron chi connectivity index (χ4n) is 3.25. The third-order valence-corrected chi connectivity index (χ3v) is 6.25. The van der Waals surface area contributed by atoms with E-state index in [1.165, 1.54) is 0 Å². The van der Waals surface area contributed by atoms with Crippen LogP contribution in [0.1, 0.15) is 11.1 Å². The van der Waals surface area contributed by atoms with Gasteiger partial charge in [0.25, 0.3) is 0 Å². The van der Waals surface area contributed by atoms with Crippen LogP contribution in [0.2, 0.25) is 0 Å². The van der Waals surface area contributed by atoms with Crippen molar-refractivity contribution < 1.29 is 8.42 Å². The van der Waals surface area contributed by atoms with Crippen LogP contribution in [0.3, 0.4) is 0 Å². The molecular weight excluding hydrogens is 370 g/mol. The van der Waals surface area contributed by atoms with Gasteiger partial charge in [-0.15, -0.1) is 0 Å². The Hall–Kier alpha value is -2.96. The summed E-state index contributed by atoms with van der Waals surface area (Å²) in [6, 6.07) is 22.5. The topological polar surface area (TPSA) is 64.0 Å². The number of imidazole rings is 1. The van der Waals surface area contributed by atoms with Crippen molar-refractivity contribution >= 4 is 21.1 Å². The number of para-hydroxylation sites is 2. The minimum atomic E-state index is -3.59. The molecule has 0 saturated heterocycles. The molecule has 0 fully saturated rings. The standard InChI is InChI=1S/C22H21N3O2S/c1-16-11-13-18(14-12-16)28(26,27)23-15-17-7-3-4-8-19(17)22-24-20-9-5-6-10-21(20)25(22)2/h3-14,23H,15H2,1-2H3. The Labute approximate surface area is 164 Å². The zero-order valence-electron chi connectivity index (χ0n) is 15.8. The van der Waals surface area contributed by atoms with E-state index in [0.29, 0.717) is 0 Å². The van der Waals surface area contributed by atoms with Crippen molar-refractivity contribution in [3.63, 3.8) is 0 Å². The summed E-state index contributed by atoms with van der Waals surface area (Å²) in [4.78, 5) is 5.00. The lowest BCUT2D eigenvalue weighted by Crippen LogP contribution is -2.23. The molecule has 4 aromatic rings. The smallest absolute Gasteiger partial charge is 0.240 e. The Morgan fingerprint density at radius 2 is 1.61 bits per heavy atom. The number of aromatic nitrogens is 2. The summed E-state index contributed by atoms with van der Waals surface area (Å²) >= 11 is 0. The summed E-state index contributed by atoms with van der Waals surface area (Å²) in [5, 5.41) is 0. The van der Waals surface area contributed by atoms with Crippen LogP contribution >= 0.6 is 0 Å². The Morgan fingerprint density at radius 3 is 2.36 bits per heavy atom. The SMILES string of the molecule is Cc1ccc(S(=O)(=O)NCc2ccccc2-c2nc3ccccc3n2C)cc1. The van der Waals surface area contributed by atoms with Crippen molar-refractivity contribution in [3.05, 3.63) is 83.9 Å². The maximum atomic E-state index is 12.6. The van der Waals surface area contributed by atoms with E-state index in [9.17, 15) is 8.42 Å². The van der Waals surface area contributed by atoms with Gasteiger partial charge < -0.3 is 4.57 Å². The van der Waals surface area contributed by atoms with Crippen LogP contribution in [0.25, 0.3) is 22.4 Å². The molecule has 0 amide bonds. The van der Waals surface area contributed by atoms with Gasteiger partial charge in [-0.2, -0.15) is 0 Å². The van der Waals surface area contributed by atoms with Crippen molar-refractivity contribution in [1.29, 1.82) is 0 Å². The van der Waals surface area contributed by atoms with E-state index in [1.54, 1.807) is 24.3 Å². The van der Waals surface area contributed by atoms with E-state index in [2.05, 4.69) is 4.72 Å². The number of nitrogens with one attached hydrogen (secondary N) is 1. The molecule has 0 bridgehead atoms. The molecule has 0 unspecified atom stereocenters. The molecule has 3 aromatic carbocycles. The number of fused-ring (bicyclic) bond motifs is 1. The predicted octanol–water partition coefficient (Wildman–Crippen LogP) is 4.03. The normalized spacial score (nSPS) is 11.8. The number of hydrogen-bond donors (Lipinski definition) is 1. The predicted molar refractivity (Wildman–Crippen MR) is 111 cm³/mol. The lowest BCUT2D eigenvalue weighted by Gasteiger charge is -2.11. The molecular formula is C22H21N3O2S. The lowest BCUT2D eigenvalue weighted by molar-refractivity contribution is 0.581. The third-order valence-electron chi connectivity index (χ3n) is 4.83. The molecule has 0 atom stereocenters. The van der Waals surface area contributed by atoms with Gasteiger partial charge in [0, 0.05) is 19.2 Å². The number of sulfonamides is 1. The number of nitrogens with zero attached hydrogens (tertiary/aromatic N) is 2. The second-order valence-electron chi connectivity index (χ2n) is 6.78. The summed E-state index contributed by atoms with van der Waals surface area (Å²) in [5.41, 5.74) is 4.75. The van der Waals surface area contributed by atoms with Crippen molar-refractivity contribution in [2.45, 2.75) is 18.4 Å². The van der Waals surface area contributed by atoms with Crippen LogP contribution in [-0.2, 0) is 23.6 Å². The van der Waals surface area contributed by atoms with E-state index in [4.69, 9.17) is 4.98 Å². The number of aryl methyl sites for hydroxylation is 2. The number of benzene rings is 3. The van der Waals surface area contributed by atoms with Crippen molar-refractivity contribution in [3.8, 4) is 11.4 Å². The van der Waals surface area contributed by atoms with Gasteiger partial charge in [0.05, 0.1) is 15.9 Å². The van der Waals surface area contributed by atoms with Crippen molar-refractivity contribution in [2.24, 2.45) is 7.05 Å². The minimum absolute atomic E-state index is 0.190. The van der Waals surface area contributed by atoms with E-state index in [1.807, 2.05) is 67.1 Å². The molecule has 1 heterocycles. The Kier molecular flexibility index (Phi) is 4.75. The second-order valence-corrected chi connectivity index (χ2v) is 8.54. The first-order valence-corrected chi connectivity index (χ1v) is 10.5. The number of hydrogen-bond acceptors (Lipinski definition) is 3. The second kappa shape index (κ2) is 7.22. The molecule has 0 spiro atoms. The van der Waals surface area contributed by atoms with Gasteiger partial charge in [-0.25, -0.2) is 18.1 Å². The molecule has 0 aliphatic heterocycles. The molecule has 28 heavy (non-hydrogen) atoms. The van der Waals surface area contributed by atoms with Crippen LogP contribution in [0, 0.1) is 6.92 Å². The summed E-state index contributed by atoms with van der Waals surface area (Å²) in [7, 11) is -1.62. The van der Waals surface area contributed by atoms with Gasteiger partial charge >= 0.3 is 0 Å². The fourth-order valence-corrected chi connectivity index (χ4v) is 4.26. The van der Waals surface area contributed by atoms with Crippen molar-refractivity contribution in [2.75, 3.05) is 0 Å². The Bertz CT molecular complexity index is 1240. The highest BCUT2D eigenvalue weighted by atomic mass is 32.2. The zero-order chi connectivity index (χ0) is 19.7. The summed E-state index contributed by atoms with van der Waals surface area (Å²) in [6.07, 6.45) is 0. The zero-order valence-corrected chi connectivity index (χ0v) is 16.6. The average molecular weight is 391 g/mol. The quantitative estimate of drug-likeness (QED) is 0.559. The van der Waals surface area contributed by atoms with Crippen LogP contribution in [0.15, 0.2) is 77.7 Å². The molecule has 0 saturated carbocycles. The van der Waals surface area contributed by atoms with Crippen LogP contribution in [0.5, 0.6) is 0 Å². The first-order chi connectivity index (χ1) is 13.5. The highest BCUT2D eigenvalue weighted by Crippen LogP contribution is 2.26. The molecule has 1 N–H and O–H groups in total. The van der Waals surface area contributed by atoms with Crippen LogP contribution in [0.4, 0.5) is 0 Å². The van der Waals surface area contributed by atoms with E-state index < -0.39 is 10.0 Å². The van der Waals surface area contributed by atoms with Crippen molar-refractivity contribution in [1.82, 2.24) is 14.3 Å². The van der Waals surface area contributed by atoms with Gasteiger partial charge in [-0.05, 0) is 36.8 Å². The molecule has 142 valence electrons. The van der Waals surface area contributed by atoms with Gasteiger partial charge in [0.2, 0.25) is 10.0 Å². The summed E-state index contributed by atoms with van der Waals surface area (Å²) in [6.45, 7) is 2.12. The fraction of sp³-hybridized carbons (Fsp3) is 0.136. The van der Waals surface area contributed by atoms with E-state index >= 15 is 0 Å². The molecule has 6 heteroatoms. The van der Waals surface area contributed by atoms with Crippen LogP contribution < -0.4 is 4.72 Å². The average Bonchev–Trinajstić information content (AvgIpc) is 3.04. The Morgan fingerprint density at radius 1 is 0.929 bits per heavy atom. The largest absolute Gasteiger partial charge is 0.327 e. The van der Waals surface area contributed by atoms with Gasteiger partial charge in [-0.3, -0.25) is 0 Å². The summed E-state index contributed by atoms with van der Waals surface area (Å²) < 4.78 is 30.0. The highest BCUT2D eigenvalue weighted by molar-refractivity contribution is 7.89. The highest BCUT2D eigenvalue weighted by Gasteiger charge is 2.17. The van der Waals surface area contributed by atoms with Crippen LogP contribution in [-0.4, -0.2) is 18.0 Å². The molecule has 5 nitrogen and oxygen atoms in total. The van der Waals surface area contributed by atoms with E-state index in [0.717, 1.165) is 33.5 Å². The van der Waals surface area contributed by atoms with Gasteiger partial charge in [-0.1, -0.05) is 54.1 Å². The van der Waals surface area contributed by atoms with Gasteiger partial charge in [0.15, 0.2) is 0 Å². The lowest BCUT2D eigenvalue weighted by atomic mass is 10.1.